The van der Waals surface area contributed by atoms with Crippen LogP contribution < -0.4 is 10.6 Å². The fraction of sp³-hybridized carbons (Fsp3) is 0.188. The molecule has 2 aromatic carbocycles. The summed E-state index contributed by atoms with van der Waals surface area (Å²) in [4.78, 5) is 4.11. The van der Waals surface area contributed by atoms with Gasteiger partial charge in [-0.15, -0.1) is 0 Å². The first kappa shape index (κ1) is 15.3. The number of rotatable bonds is 4. The van der Waals surface area contributed by atoms with Gasteiger partial charge in [0.1, 0.15) is 5.82 Å². The van der Waals surface area contributed by atoms with Gasteiger partial charge < -0.3 is 10.6 Å². The monoisotopic (exact) mass is 305 g/mol. The van der Waals surface area contributed by atoms with Crippen molar-refractivity contribution in [3.63, 3.8) is 0 Å². The maximum atomic E-state index is 13.5. The van der Waals surface area contributed by atoms with Gasteiger partial charge in [0.2, 0.25) is 0 Å². The largest absolute Gasteiger partial charge is 0.352 e. The lowest BCUT2D eigenvalue weighted by atomic mass is 10.2. The predicted octanol–water partition coefficient (Wildman–Crippen LogP) is 3.34. The van der Waals surface area contributed by atoms with E-state index >= 15 is 0 Å². The number of hydrogen-bond donors (Lipinski definition) is 2. The van der Waals surface area contributed by atoms with Crippen molar-refractivity contribution in [1.29, 1.82) is 0 Å². The third-order valence-corrected chi connectivity index (χ3v) is 3.21. The Morgan fingerprint density at radius 1 is 1.10 bits per heavy atom. The molecule has 0 bridgehead atoms. The van der Waals surface area contributed by atoms with Crippen molar-refractivity contribution < 1.29 is 4.39 Å². The standard InChI is InChI=1S/C16H17ClFN3/c1-19-16(20-10-12-5-4-7-14(17)9-12)21-11-13-6-2-3-8-15(13)18/h2-9H,10-11H2,1H3,(H2,19,20,21). The van der Waals surface area contributed by atoms with E-state index in [9.17, 15) is 4.39 Å². The fourth-order valence-electron chi connectivity index (χ4n) is 1.87. The molecule has 0 heterocycles. The minimum absolute atomic E-state index is 0.227. The van der Waals surface area contributed by atoms with Crippen LogP contribution in [0.3, 0.4) is 0 Å². The lowest BCUT2D eigenvalue weighted by Gasteiger charge is -2.12. The normalized spacial score (nSPS) is 11.3. The summed E-state index contributed by atoms with van der Waals surface area (Å²) in [5, 5.41) is 6.94. The molecule has 0 atom stereocenters. The fourth-order valence-corrected chi connectivity index (χ4v) is 2.09. The Hall–Kier alpha value is -2.07. The highest BCUT2D eigenvalue weighted by Gasteiger charge is 2.03. The molecule has 2 aromatic rings. The first-order chi connectivity index (χ1) is 10.2. The molecule has 2 rings (SSSR count). The number of nitrogens with zero attached hydrogens (tertiary/aromatic N) is 1. The molecule has 2 N–H and O–H groups in total. The van der Waals surface area contributed by atoms with Crippen molar-refractivity contribution in [2.45, 2.75) is 13.1 Å². The molecule has 0 aliphatic carbocycles. The summed E-state index contributed by atoms with van der Waals surface area (Å²) in [6, 6.07) is 14.3. The van der Waals surface area contributed by atoms with Gasteiger partial charge in [-0.2, -0.15) is 0 Å². The quantitative estimate of drug-likeness (QED) is 0.671. The molecule has 0 spiro atoms. The van der Waals surface area contributed by atoms with Gasteiger partial charge in [-0.25, -0.2) is 4.39 Å². The molecule has 0 saturated heterocycles. The molecule has 0 fully saturated rings. The summed E-state index contributed by atoms with van der Waals surface area (Å²) >= 11 is 5.94. The van der Waals surface area contributed by atoms with Crippen LogP contribution in [-0.2, 0) is 13.1 Å². The van der Waals surface area contributed by atoms with Crippen LogP contribution in [0.5, 0.6) is 0 Å². The average Bonchev–Trinajstić information content (AvgIpc) is 2.49. The third kappa shape index (κ3) is 4.76. The Morgan fingerprint density at radius 2 is 1.86 bits per heavy atom. The first-order valence-electron chi connectivity index (χ1n) is 6.61. The lowest BCUT2D eigenvalue weighted by molar-refractivity contribution is 0.604. The van der Waals surface area contributed by atoms with Crippen molar-refractivity contribution >= 4 is 17.6 Å². The van der Waals surface area contributed by atoms with Crippen LogP contribution in [0.25, 0.3) is 0 Å². The summed E-state index contributed by atoms with van der Waals surface area (Å²) < 4.78 is 13.5. The van der Waals surface area contributed by atoms with E-state index < -0.39 is 0 Å². The molecule has 0 aliphatic rings. The van der Waals surface area contributed by atoms with Gasteiger partial charge in [0.25, 0.3) is 0 Å². The topological polar surface area (TPSA) is 36.4 Å². The highest BCUT2D eigenvalue weighted by Crippen LogP contribution is 2.10. The molecule has 0 amide bonds. The second kappa shape index (κ2) is 7.64. The van der Waals surface area contributed by atoms with Crippen molar-refractivity contribution in [1.82, 2.24) is 10.6 Å². The van der Waals surface area contributed by atoms with Crippen LogP contribution in [0.15, 0.2) is 53.5 Å². The molecular weight excluding hydrogens is 289 g/mol. The maximum Gasteiger partial charge on any atom is 0.191 e. The summed E-state index contributed by atoms with van der Waals surface area (Å²) in [7, 11) is 1.68. The number of nitrogens with one attached hydrogen (secondary N) is 2. The van der Waals surface area contributed by atoms with Crippen LogP contribution in [0.1, 0.15) is 11.1 Å². The van der Waals surface area contributed by atoms with Crippen molar-refractivity contribution in [3.05, 3.63) is 70.5 Å². The molecule has 21 heavy (non-hydrogen) atoms. The Kier molecular flexibility index (Phi) is 5.58. The highest BCUT2D eigenvalue weighted by molar-refractivity contribution is 6.30. The molecule has 0 radical (unpaired) electrons. The van der Waals surface area contributed by atoms with E-state index in [1.807, 2.05) is 30.3 Å². The van der Waals surface area contributed by atoms with E-state index in [2.05, 4.69) is 15.6 Å². The maximum absolute atomic E-state index is 13.5. The van der Waals surface area contributed by atoms with Crippen LogP contribution >= 0.6 is 11.6 Å². The van der Waals surface area contributed by atoms with Crippen molar-refractivity contribution in [3.8, 4) is 0 Å². The molecule has 0 unspecified atom stereocenters. The Balaban J connectivity index is 1.88. The van der Waals surface area contributed by atoms with Crippen LogP contribution in [0.4, 0.5) is 4.39 Å². The first-order valence-corrected chi connectivity index (χ1v) is 6.99. The van der Waals surface area contributed by atoms with E-state index in [0.29, 0.717) is 29.6 Å². The van der Waals surface area contributed by atoms with E-state index in [-0.39, 0.29) is 5.82 Å². The SMILES string of the molecule is CN=C(NCc1cccc(Cl)c1)NCc1ccccc1F. The van der Waals surface area contributed by atoms with Crippen molar-refractivity contribution in [2.75, 3.05) is 7.05 Å². The second-order valence-corrected chi connectivity index (χ2v) is 4.94. The molecule has 0 aromatic heterocycles. The van der Waals surface area contributed by atoms with Gasteiger partial charge in [0.15, 0.2) is 5.96 Å². The summed E-state index contributed by atoms with van der Waals surface area (Å²) in [5.74, 6) is 0.383. The van der Waals surface area contributed by atoms with Gasteiger partial charge in [-0.3, -0.25) is 4.99 Å². The van der Waals surface area contributed by atoms with Crippen LogP contribution in [0.2, 0.25) is 5.02 Å². The van der Waals surface area contributed by atoms with Crippen LogP contribution in [-0.4, -0.2) is 13.0 Å². The summed E-state index contributed by atoms with van der Waals surface area (Å²) in [6.07, 6.45) is 0. The zero-order valence-electron chi connectivity index (χ0n) is 11.7. The molecule has 3 nitrogen and oxygen atoms in total. The number of aliphatic imine (C=N–C) groups is 1. The van der Waals surface area contributed by atoms with E-state index in [1.54, 1.807) is 19.2 Å². The highest BCUT2D eigenvalue weighted by atomic mass is 35.5. The van der Waals surface area contributed by atoms with Gasteiger partial charge >= 0.3 is 0 Å². The molecule has 0 saturated carbocycles. The molecular formula is C16H17ClFN3. The zero-order chi connectivity index (χ0) is 15.1. The van der Waals surface area contributed by atoms with Gasteiger partial charge in [-0.1, -0.05) is 41.9 Å². The Morgan fingerprint density at radius 3 is 2.57 bits per heavy atom. The smallest absolute Gasteiger partial charge is 0.191 e. The van der Waals surface area contributed by atoms with E-state index in [1.165, 1.54) is 6.07 Å². The zero-order valence-corrected chi connectivity index (χ0v) is 12.5. The van der Waals surface area contributed by atoms with Crippen molar-refractivity contribution in [2.24, 2.45) is 4.99 Å². The predicted molar refractivity (Wildman–Crippen MR) is 84.9 cm³/mol. The van der Waals surface area contributed by atoms with Gasteiger partial charge in [0.05, 0.1) is 0 Å². The Bertz CT molecular complexity index is 628. The van der Waals surface area contributed by atoms with Gasteiger partial charge in [-0.05, 0) is 23.8 Å². The van der Waals surface area contributed by atoms with E-state index in [0.717, 1.165) is 5.56 Å². The number of hydrogen-bond acceptors (Lipinski definition) is 1. The lowest BCUT2D eigenvalue weighted by Crippen LogP contribution is -2.36. The third-order valence-electron chi connectivity index (χ3n) is 2.98. The minimum Gasteiger partial charge on any atom is -0.352 e. The number of halogens is 2. The van der Waals surface area contributed by atoms with Gasteiger partial charge in [0, 0.05) is 30.7 Å². The average molecular weight is 306 g/mol. The molecule has 0 aliphatic heterocycles. The summed E-state index contributed by atoms with van der Waals surface area (Å²) in [5.41, 5.74) is 1.65. The minimum atomic E-state index is -0.227. The molecule has 110 valence electrons. The number of benzene rings is 2. The van der Waals surface area contributed by atoms with E-state index in [4.69, 9.17) is 11.6 Å². The van der Waals surface area contributed by atoms with Crippen LogP contribution in [0, 0.1) is 5.82 Å². The number of guanidine groups is 1. The summed E-state index contributed by atoms with van der Waals surface area (Å²) in [6.45, 7) is 0.972. The Labute approximate surface area is 128 Å². The molecule has 5 heteroatoms. The second-order valence-electron chi connectivity index (χ2n) is 4.50.